The number of likely N-dealkylation sites (tertiary alicyclic amines) is 1. The van der Waals surface area contributed by atoms with Gasteiger partial charge in [0.1, 0.15) is 0 Å². The Morgan fingerprint density at radius 1 is 1.35 bits per heavy atom. The highest BCUT2D eigenvalue weighted by molar-refractivity contribution is 9.10. The fourth-order valence-electron chi connectivity index (χ4n) is 3.24. The van der Waals surface area contributed by atoms with Crippen LogP contribution in [-0.2, 0) is 6.42 Å². The minimum atomic E-state index is 0.0850. The van der Waals surface area contributed by atoms with E-state index in [2.05, 4.69) is 58.9 Å². The third-order valence-corrected chi connectivity index (χ3v) is 5.33. The van der Waals surface area contributed by atoms with Crippen molar-refractivity contribution in [1.29, 1.82) is 0 Å². The van der Waals surface area contributed by atoms with E-state index in [1.165, 1.54) is 37.9 Å². The summed E-state index contributed by atoms with van der Waals surface area (Å²) in [5.41, 5.74) is 7.61. The molecule has 0 amide bonds. The van der Waals surface area contributed by atoms with Gasteiger partial charge in [0, 0.05) is 23.1 Å². The van der Waals surface area contributed by atoms with Gasteiger partial charge in [-0.1, -0.05) is 41.4 Å². The van der Waals surface area contributed by atoms with Crippen molar-refractivity contribution < 1.29 is 0 Å². The monoisotopic (exact) mass is 338 g/mol. The summed E-state index contributed by atoms with van der Waals surface area (Å²) in [5.74, 6) is 0.847. The summed E-state index contributed by atoms with van der Waals surface area (Å²) < 4.78 is 1.14. The number of nitrogens with two attached hydrogens (primary N) is 1. The van der Waals surface area contributed by atoms with E-state index in [1.807, 2.05) is 0 Å². The SMILES string of the molecule is CCC1CCCN(C(C)(CN)Cc2ccc(Br)cc2)C1. The molecule has 20 heavy (non-hydrogen) atoms. The first kappa shape index (κ1) is 16.0. The van der Waals surface area contributed by atoms with Crippen LogP contribution in [0.5, 0.6) is 0 Å². The normalized spacial score (nSPS) is 23.5. The second kappa shape index (κ2) is 7.06. The van der Waals surface area contributed by atoms with E-state index in [0.717, 1.165) is 23.4 Å². The Hall–Kier alpha value is -0.380. The van der Waals surface area contributed by atoms with Gasteiger partial charge in [-0.2, -0.15) is 0 Å². The maximum Gasteiger partial charge on any atom is 0.0343 e. The molecule has 1 aliphatic rings. The van der Waals surface area contributed by atoms with Crippen LogP contribution in [0.3, 0.4) is 0 Å². The Morgan fingerprint density at radius 3 is 2.65 bits per heavy atom. The summed E-state index contributed by atoms with van der Waals surface area (Å²) in [6.45, 7) is 7.76. The van der Waals surface area contributed by atoms with Crippen molar-refractivity contribution in [1.82, 2.24) is 4.90 Å². The predicted octanol–water partition coefficient (Wildman–Crippen LogP) is 3.83. The number of hydrogen-bond donors (Lipinski definition) is 1. The maximum absolute atomic E-state index is 6.15. The number of nitrogens with zero attached hydrogens (tertiary/aromatic N) is 1. The molecule has 2 N–H and O–H groups in total. The molecule has 1 saturated heterocycles. The summed E-state index contributed by atoms with van der Waals surface area (Å²) in [7, 11) is 0. The van der Waals surface area contributed by atoms with Gasteiger partial charge in [0.25, 0.3) is 0 Å². The van der Waals surface area contributed by atoms with Crippen molar-refractivity contribution in [3.63, 3.8) is 0 Å². The molecule has 0 aromatic heterocycles. The van der Waals surface area contributed by atoms with Crippen LogP contribution in [0.1, 0.15) is 38.7 Å². The van der Waals surface area contributed by atoms with Crippen LogP contribution in [0.15, 0.2) is 28.7 Å². The van der Waals surface area contributed by atoms with Gasteiger partial charge in [-0.25, -0.2) is 0 Å². The van der Waals surface area contributed by atoms with Crippen LogP contribution in [0.25, 0.3) is 0 Å². The second-order valence-electron chi connectivity index (χ2n) is 6.37. The zero-order valence-corrected chi connectivity index (χ0v) is 14.3. The topological polar surface area (TPSA) is 29.3 Å². The number of rotatable bonds is 5. The third kappa shape index (κ3) is 3.84. The standard InChI is InChI=1S/C17H27BrN2/c1-3-14-5-4-10-20(12-14)17(2,13-19)11-15-6-8-16(18)9-7-15/h6-9,14H,3-5,10-13,19H2,1-2H3. The lowest BCUT2D eigenvalue weighted by Crippen LogP contribution is -2.56. The van der Waals surface area contributed by atoms with Crippen LogP contribution in [0.2, 0.25) is 0 Å². The molecule has 2 atom stereocenters. The van der Waals surface area contributed by atoms with Crippen molar-refractivity contribution in [2.24, 2.45) is 11.7 Å². The van der Waals surface area contributed by atoms with E-state index < -0.39 is 0 Å². The number of benzene rings is 1. The van der Waals surface area contributed by atoms with Gasteiger partial charge >= 0.3 is 0 Å². The highest BCUT2D eigenvalue weighted by Crippen LogP contribution is 2.28. The Bertz CT molecular complexity index is 418. The van der Waals surface area contributed by atoms with Crippen molar-refractivity contribution in [3.8, 4) is 0 Å². The molecular formula is C17H27BrN2. The molecule has 2 nitrogen and oxygen atoms in total. The summed E-state index contributed by atoms with van der Waals surface area (Å²) in [5, 5.41) is 0. The lowest BCUT2D eigenvalue weighted by atomic mass is 9.86. The van der Waals surface area contributed by atoms with Crippen LogP contribution >= 0.6 is 15.9 Å². The molecule has 0 bridgehead atoms. The zero-order chi connectivity index (χ0) is 14.6. The molecule has 0 saturated carbocycles. The van der Waals surface area contributed by atoms with Gasteiger partial charge < -0.3 is 5.73 Å². The average Bonchev–Trinajstić information content (AvgIpc) is 2.49. The molecule has 2 unspecified atom stereocenters. The lowest BCUT2D eigenvalue weighted by molar-refractivity contribution is 0.0586. The van der Waals surface area contributed by atoms with E-state index >= 15 is 0 Å². The van der Waals surface area contributed by atoms with Gasteiger partial charge in [-0.15, -0.1) is 0 Å². The fourth-order valence-corrected chi connectivity index (χ4v) is 3.51. The molecule has 0 radical (unpaired) electrons. The van der Waals surface area contributed by atoms with Crippen molar-refractivity contribution in [2.75, 3.05) is 19.6 Å². The van der Waals surface area contributed by atoms with E-state index in [9.17, 15) is 0 Å². The summed E-state index contributed by atoms with van der Waals surface area (Å²) in [6.07, 6.45) is 5.02. The summed E-state index contributed by atoms with van der Waals surface area (Å²) in [4.78, 5) is 2.63. The lowest BCUT2D eigenvalue weighted by Gasteiger charge is -2.45. The molecule has 2 rings (SSSR count). The smallest absolute Gasteiger partial charge is 0.0343 e. The highest BCUT2D eigenvalue weighted by Gasteiger charge is 2.33. The van der Waals surface area contributed by atoms with E-state index in [1.54, 1.807) is 0 Å². The number of halogens is 1. The van der Waals surface area contributed by atoms with Gasteiger partial charge in [0.2, 0.25) is 0 Å². The summed E-state index contributed by atoms with van der Waals surface area (Å²) >= 11 is 3.50. The Labute approximate surface area is 131 Å². The molecule has 1 heterocycles. The zero-order valence-electron chi connectivity index (χ0n) is 12.7. The van der Waals surface area contributed by atoms with E-state index in [4.69, 9.17) is 5.73 Å². The first-order valence-electron chi connectivity index (χ1n) is 7.77. The van der Waals surface area contributed by atoms with Gasteiger partial charge in [-0.3, -0.25) is 4.90 Å². The van der Waals surface area contributed by atoms with Crippen LogP contribution in [-0.4, -0.2) is 30.1 Å². The van der Waals surface area contributed by atoms with Crippen LogP contribution in [0.4, 0.5) is 0 Å². The maximum atomic E-state index is 6.15. The Kier molecular flexibility index (Phi) is 5.65. The van der Waals surface area contributed by atoms with Gasteiger partial charge in [0.05, 0.1) is 0 Å². The Balaban J connectivity index is 2.09. The molecule has 3 heteroatoms. The Morgan fingerprint density at radius 2 is 2.05 bits per heavy atom. The van der Waals surface area contributed by atoms with Gasteiger partial charge in [0.15, 0.2) is 0 Å². The van der Waals surface area contributed by atoms with E-state index in [0.29, 0.717) is 0 Å². The molecule has 1 aromatic carbocycles. The average molecular weight is 339 g/mol. The first-order valence-corrected chi connectivity index (χ1v) is 8.56. The quantitative estimate of drug-likeness (QED) is 0.883. The predicted molar refractivity (Wildman–Crippen MR) is 89.9 cm³/mol. The molecule has 0 aliphatic carbocycles. The molecule has 1 aliphatic heterocycles. The second-order valence-corrected chi connectivity index (χ2v) is 7.28. The molecular weight excluding hydrogens is 312 g/mol. The van der Waals surface area contributed by atoms with Crippen molar-refractivity contribution in [3.05, 3.63) is 34.3 Å². The number of piperidine rings is 1. The fraction of sp³-hybridized carbons (Fsp3) is 0.647. The molecule has 1 aromatic rings. The largest absolute Gasteiger partial charge is 0.329 e. The van der Waals surface area contributed by atoms with Crippen molar-refractivity contribution in [2.45, 2.75) is 45.1 Å². The molecule has 0 spiro atoms. The van der Waals surface area contributed by atoms with Gasteiger partial charge in [-0.05, 0) is 56.3 Å². The number of hydrogen-bond acceptors (Lipinski definition) is 2. The van der Waals surface area contributed by atoms with Crippen LogP contribution < -0.4 is 5.73 Å². The minimum Gasteiger partial charge on any atom is -0.329 e. The molecule has 1 fully saturated rings. The molecule has 112 valence electrons. The highest BCUT2D eigenvalue weighted by atomic mass is 79.9. The van der Waals surface area contributed by atoms with E-state index in [-0.39, 0.29) is 5.54 Å². The minimum absolute atomic E-state index is 0.0850. The third-order valence-electron chi connectivity index (χ3n) is 4.80. The first-order chi connectivity index (χ1) is 9.57. The van der Waals surface area contributed by atoms with Crippen molar-refractivity contribution >= 4 is 15.9 Å². The summed E-state index contributed by atoms with van der Waals surface area (Å²) in [6, 6.07) is 8.66. The van der Waals surface area contributed by atoms with Crippen LogP contribution in [0, 0.1) is 5.92 Å².